The molecule has 0 saturated carbocycles. The van der Waals surface area contributed by atoms with E-state index in [1.807, 2.05) is 12.4 Å². The quantitative estimate of drug-likeness (QED) is 0.383. The Balaban J connectivity index is 0.00000196. The molecule has 142 valence electrons. The lowest BCUT2D eigenvalue weighted by Gasteiger charge is -2.25. The number of hydrogen-bond acceptors (Lipinski definition) is 7. The highest BCUT2D eigenvalue weighted by Gasteiger charge is 2.28. The van der Waals surface area contributed by atoms with Gasteiger partial charge in [-0.3, -0.25) is 0 Å². The Morgan fingerprint density at radius 1 is 1.19 bits per heavy atom. The van der Waals surface area contributed by atoms with Crippen LogP contribution < -0.4 is 28.9 Å². The molecule has 4 heterocycles. The van der Waals surface area contributed by atoms with E-state index in [4.69, 9.17) is 9.47 Å². The predicted octanol–water partition coefficient (Wildman–Crippen LogP) is -0.768. The number of thioether (sulfide) groups is 2. The van der Waals surface area contributed by atoms with E-state index in [1.165, 1.54) is 14.7 Å². The number of hydrogen-bond donors (Lipinski definition) is 0. The molecule has 0 aliphatic carbocycles. The Hall–Kier alpha value is -0.140. The van der Waals surface area contributed by atoms with Gasteiger partial charge in [-0.25, -0.2) is 9.56 Å². The number of morpholine rings is 2. The van der Waals surface area contributed by atoms with Crippen LogP contribution in [0.2, 0.25) is 0 Å². The maximum absolute atomic E-state index is 5.43. The summed E-state index contributed by atoms with van der Waals surface area (Å²) in [5, 5.41) is 2.17. The first-order chi connectivity index (χ1) is 12.3. The number of halogens is 1. The van der Waals surface area contributed by atoms with Crippen molar-refractivity contribution in [2.24, 2.45) is 4.99 Å². The van der Waals surface area contributed by atoms with Crippen LogP contribution in [0, 0.1) is 0 Å². The van der Waals surface area contributed by atoms with E-state index in [2.05, 4.69) is 25.7 Å². The zero-order valence-electron chi connectivity index (χ0n) is 14.5. The fraction of sp³-hybridized carbons (Fsp3) is 0.562. The lowest BCUT2D eigenvalue weighted by atomic mass is 10.4. The molecule has 2 saturated heterocycles. The Morgan fingerprint density at radius 3 is 2.65 bits per heavy atom. The van der Waals surface area contributed by atoms with Crippen molar-refractivity contribution < 1.29 is 38.0 Å². The summed E-state index contributed by atoms with van der Waals surface area (Å²) in [6, 6.07) is 0. The number of aromatic nitrogens is 1. The monoisotopic (exact) mass is 524 g/mol. The van der Waals surface area contributed by atoms with Crippen LogP contribution in [0.5, 0.6) is 0 Å². The number of anilines is 1. The van der Waals surface area contributed by atoms with E-state index in [9.17, 15) is 0 Å². The average molecular weight is 524 g/mol. The molecule has 0 N–H and O–H groups in total. The second kappa shape index (κ2) is 9.87. The van der Waals surface area contributed by atoms with Gasteiger partial charge in [0.15, 0.2) is 11.3 Å². The van der Waals surface area contributed by atoms with Gasteiger partial charge in [-0.05, 0) is 11.2 Å². The normalized spacial score (nSPS) is 22.6. The highest BCUT2D eigenvalue weighted by Crippen LogP contribution is 2.40. The summed E-state index contributed by atoms with van der Waals surface area (Å²) in [5.41, 5.74) is 0. The van der Waals surface area contributed by atoms with Crippen LogP contribution in [0.25, 0.3) is 4.91 Å². The fourth-order valence-corrected chi connectivity index (χ4v) is 6.03. The van der Waals surface area contributed by atoms with E-state index in [1.54, 1.807) is 34.9 Å². The van der Waals surface area contributed by atoms with E-state index < -0.39 is 0 Å². The largest absolute Gasteiger partial charge is 1.00 e. The molecule has 0 amide bonds. The summed E-state index contributed by atoms with van der Waals surface area (Å²) in [6.45, 7) is 6.81. The van der Waals surface area contributed by atoms with Crippen LogP contribution in [0.4, 0.5) is 5.13 Å². The second-order valence-electron chi connectivity index (χ2n) is 5.75. The van der Waals surface area contributed by atoms with Crippen molar-refractivity contribution in [2.75, 3.05) is 63.8 Å². The zero-order valence-corrected chi connectivity index (χ0v) is 19.1. The molecule has 2 fully saturated rings. The van der Waals surface area contributed by atoms with Crippen molar-refractivity contribution in [3.8, 4) is 0 Å². The van der Waals surface area contributed by atoms with E-state index in [0.717, 1.165) is 62.9 Å². The number of rotatable bonds is 3. The molecule has 26 heavy (non-hydrogen) atoms. The zero-order chi connectivity index (χ0) is 17.1. The van der Waals surface area contributed by atoms with Crippen LogP contribution in [0.3, 0.4) is 0 Å². The van der Waals surface area contributed by atoms with Crippen molar-refractivity contribution in [3.63, 3.8) is 0 Å². The SMILES string of the molecule is CSC(=C1C=NC(=[N+]2CCOCC2)S1)c1cnc(N2CCOCC2)s1.[I-]. The Kier molecular flexibility index (Phi) is 7.82. The van der Waals surface area contributed by atoms with Gasteiger partial charge in [0.1, 0.15) is 13.1 Å². The number of amidine groups is 1. The number of nitrogens with zero attached hydrogens (tertiary/aromatic N) is 4. The van der Waals surface area contributed by atoms with E-state index in [0.29, 0.717) is 0 Å². The molecule has 6 nitrogen and oxygen atoms in total. The maximum atomic E-state index is 5.43. The van der Waals surface area contributed by atoms with Gasteiger partial charge in [-0.1, -0.05) is 11.3 Å². The molecule has 0 atom stereocenters. The minimum atomic E-state index is 0. The summed E-state index contributed by atoms with van der Waals surface area (Å²) >= 11 is 5.28. The summed E-state index contributed by atoms with van der Waals surface area (Å²) in [4.78, 5) is 15.3. The topological polar surface area (TPSA) is 50.0 Å². The van der Waals surface area contributed by atoms with Gasteiger partial charge in [-0.15, -0.1) is 11.8 Å². The molecule has 0 spiro atoms. The predicted molar refractivity (Wildman–Crippen MR) is 107 cm³/mol. The lowest BCUT2D eigenvalue weighted by Crippen LogP contribution is -3.00. The molecular weight excluding hydrogens is 503 g/mol. The highest BCUT2D eigenvalue weighted by molar-refractivity contribution is 8.19. The third kappa shape index (κ3) is 4.64. The molecule has 10 heteroatoms. The average Bonchev–Trinajstić information content (AvgIpc) is 3.35. The summed E-state index contributed by atoms with van der Waals surface area (Å²) in [7, 11) is 0. The lowest BCUT2D eigenvalue weighted by molar-refractivity contribution is -0.547. The molecule has 0 bridgehead atoms. The first kappa shape index (κ1) is 20.6. The number of aliphatic imine (C=N–C) groups is 1. The van der Waals surface area contributed by atoms with Gasteiger partial charge in [0, 0.05) is 36.0 Å². The minimum Gasteiger partial charge on any atom is -1.00 e. The third-order valence-corrected chi connectivity index (χ3v) is 7.46. The van der Waals surface area contributed by atoms with Crippen LogP contribution in [0.15, 0.2) is 16.1 Å². The molecule has 1 aromatic heterocycles. The highest BCUT2D eigenvalue weighted by atomic mass is 127. The molecule has 0 unspecified atom stereocenters. The van der Waals surface area contributed by atoms with E-state index in [-0.39, 0.29) is 24.0 Å². The third-order valence-electron chi connectivity index (χ3n) is 4.20. The molecule has 0 radical (unpaired) electrons. The molecule has 3 aliphatic heterocycles. The Bertz CT molecular complexity index is 721. The summed E-state index contributed by atoms with van der Waals surface area (Å²) < 4.78 is 13.2. The fourth-order valence-electron chi connectivity index (χ4n) is 2.86. The van der Waals surface area contributed by atoms with Gasteiger partial charge < -0.3 is 38.4 Å². The van der Waals surface area contributed by atoms with Crippen LogP contribution >= 0.6 is 34.9 Å². The van der Waals surface area contributed by atoms with Crippen LogP contribution in [0.1, 0.15) is 4.88 Å². The molecule has 3 aliphatic rings. The Morgan fingerprint density at radius 2 is 1.92 bits per heavy atom. The number of thiazole rings is 1. The smallest absolute Gasteiger partial charge is 0.359 e. The van der Waals surface area contributed by atoms with Crippen molar-refractivity contribution in [1.29, 1.82) is 0 Å². The molecule has 0 aromatic carbocycles. The van der Waals surface area contributed by atoms with E-state index >= 15 is 0 Å². The van der Waals surface area contributed by atoms with Crippen molar-refractivity contribution in [2.45, 2.75) is 0 Å². The first-order valence-electron chi connectivity index (χ1n) is 8.34. The minimum absolute atomic E-state index is 0. The first-order valence-corrected chi connectivity index (χ1v) is 11.2. The van der Waals surface area contributed by atoms with Crippen molar-refractivity contribution in [3.05, 3.63) is 16.0 Å². The van der Waals surface area contributed by atoms with Gasteiger partial charge in [0.25, 0.3) is 0 Å². The van der Waals surface area contributed by atoms with Gasteiger partial charge >= 0.3 is 5.17 Å². The van der Waals surface area contributed by atoms with Crippen molar-refractivity contribution in [1.82, 2.24) is 4.98 Å². The van der Waals surface area contributed by atoms with Crippen LogP contribution in [-0.4, -0.2) is 79.8 Å². The summed E-state index contributed by atoms with van der Waals surface area (Å²) in [6.07, 6.45) is 6.11. The number of allylic oxidation sites excluding steroid dienone is 1. The standard InChI is InChI=1S/C16H21N4O2S3.HI/c1-23-14(12-10-17-15(24-12)19-2-6-21-7-3-19)13-11-18-16(25-13)20-4-8-22-9-5-20;/h10-11H,2-9H2,1H3;1H/q+1;/p-1. The second-order valence-corrected chi connectivity index (χ2v) is 8.58. The maximum Gasteiger partial charge on any atom is 0.359 e. The summed E-state index contributed by atoms with van der Waals surface area (Å²) in [5.74, 6) is 0. The van der Waals surface area contributed by atoms with Crippen molar-refractivity contribution >= 4 is 56.3 Å². The number of ether oxygens (including phenoxy) is 2. The molecule has 1 aromatic rings. The molecule has 4 rings (SSSR count). The van der Waals surface area contributed by atoms with Gasteiger partial charge in [0.2, 0.25) is 0 Å². The van der Waals surface area contributed by atoms with Crippen LogP contribution in [-0.2, 0) is 9.47 Å². The Labute approximate surface area is 183 Å². The van der Waals surface area contributed by atoms with Gasteiger partial charge in [0.05, 0.1) is 36.2 Å². The van der Waals surface area contributed by atoms with Gasteiger partial charge in [-0.2, -0.15) is 0 Å². The molecular formula is C16H21IN4O2S3.